The molecule has 6 nitrogen and oxygen atoms in total. The highest BCUT2D eigenvalue weighted by atomic mass is 32.1. The summed E-state index contributed by atoms with van der Waals surface area (Å²) in [5.41, 5.74) is 1.41. The largest absolute Gasteiger partial charge is 0.308 e. The standard InChI is InChI=1S/C18H14FN5OS/c1-12-11-26-18(21-12)22-16(25)13-10-20-24(15-7-3-2-6-14(15)19)17(13)23-8-4-5-9-23/h2-11H,1H3,(H,21,22,25). The number of hydrogen-bond acceptors (Lipinski definition) is 4. The Balaban J connectivity index is 1.81. The Labute approximate surface area is 152 Å². The number of amides is 1. The highest BCUT2D eigenvalue weighted by molar-refractivity contribution is 7.13. The van der Waals surface area contributed by atoms with Crippen LogP contribution in [0, 0.1) is 12.7 Å². The van der Waals surface area contributed by atoms with Crippen LogP contribution in [0.5, 0.6) is 0 Å². The fourth-order valence-corrected chi connectivity index (χ4v) is 3.29. The van der Waals surface area contributed by atoms with Crippen LogP contribution in [0.15, 0.2) is 60.4 Å². The molecule has 3 heterocycles. The van der Waals surface area contributed by atoms with Crippen LogP contribution in [-0.4, -0.2) is 25.2 Å². The van der Waals surface area contributed by atoms with E-state index in [9.17, 15) is 9.18 Å². The minimum Gasteiger partial charge on any atom is -0.308 e. The number of nitrogens with one attached hydrogen (secondary N) is 1. The van der Waals surface area contributed by atoms with Gasteiger partial charge in [0.25, 0.3) is 5.91 Å². The Morgan fingerprint density at radius 2 is 1.96 bits per heavy atom. The fourth-order valence-electron chi connectivity index (χ4n) is 2.60. The predicted octanol–water partition coefficient (Wildman–Crippen LogP) is 3.82. The third-order valence-electron chi connectivity index (χ3n) is 3.76. The van der Waals surface area contributed by atoms with Gasteiger partial charge in [-0.2, -0.15) is 5.10 Å². The number of nitrogens with zero attached hydrogens (tertiary/aromatic N) is 4. The number of aryl methyl sites for hydroxylation is 1. The molecule has 0 aliphatic heterocycles. The Kier molecular flexibility index (Phi) is 4.10. The fraction of sp³-hybridized carbons (Fsp3) is 0.0556. The molecule has 3 aromatic heterocycles. The summed E-state index contributed by atoms with van der Waals surface area (Å²) in [6.07, 6.45) is 4.98. The molecule has 26 heavy (non-hydrogen) atoms. The van der Waals surface area contributed by atoms with Crippen molar-refractivity contribution >= 4 is 22.4 Å². The molecule has 0 saturated heterocycles. The van der Waals surface area contributed by atoms with Crippen LogP contribution < -0.4 is 5.32 Å². The first-order valence-corrected chi connectivity index (χ1v) is 8.71. The van der Waals surface area contributed by atoms with Crippen molar-refractivity contribution < 1.29 is 9.18 Å². The topological polar surface area (TPSA) is 64.7 Å². The van der Waals surface area contributed by atoms with Gasteiger partial charge in [-0.15, -0.1) is 11.3 Å². The number of thiazole rings is 1. The molecule has 0 aliphatic carbocycles. The van der Waals surface area contributed by atoms with E-state index in [-0.39, 0.29) is 11.6 Å². The lowest BCUT2D eigenvalue weighted by Crippen LogP contribution is -2.15. The summed E-state index contributed by atoms with van der Waals surface area (Å²) in [4.78, 5) is 17.0. The zero-order valence-electron chi connectivity index (χ0n) is 13.8. The van der Waals surface area contributed by atoms with Crippen LogP contribution in [0.25, 0.3) is 11.5 Å². The molecule has 0 radical (unpaired) electrons. The van der Waals surface area contributed by atoms with Gasteiger partial charge in [0.05, 0.1) is 11.9 Å². The van der Waals surface area contributed by atoms with Gasteiger partial charge in [0.2, 0.25) is 0 Å². The molecule has 4 rings (SSSR count). The van der Waals surface area contributed by atoms with Crippen LogP contribution in [0.1, 0.15) is 16.1 Å². The number of benzene rings is 1. The summed E-state index contributed by atoms with van der Waals surface area (Å²) in [5, 5.41) is 9.37. The Morgan fingerprint density at radius 1 is 1.19 bits per heavy atom. The second-order valence-electron chi connectivity index (χ2n) is 5.58. The molecule has 0 saturated carbocycles. The van der Waals surface area contributed by atoms with Gasteiger partial charge in [-0.3, -0.25) is 10.1 Å². The first kappa shape index (κ1) is 16.2. The molecule has 0 bridgehead atoms. The molecule has 1 aromatic carbocycles. The first-order valence-electron chi connectivity index (χ1n) is 7.83. The SMILES string of the molecule is Cc1csc(NC(=O)c2cnn(-c3ccccc3F)c2-n2cccc2)n1. The van der Waals surface area contributed by atoms with Gasteiger partial charge < -0.3 is 4.57 Å². The van der Waals surface area contributed by atoms with Gasteiger partial charge in [-0.25, -0.2) is 14.1 Å². The summed E-state index contributed by atoms with van der Waals surface area (Å²) in [7, 11) is 0. The second kappa shape index (κ2) is 6.57. The van der Waals surface area contributed by atoms with Crippen molar-refractivity contribution in [2.75, 3.05) is 5.32 Å². The number of carbonyl (C=O) groups is 1. The maximum absolute atomic E-state index is 14.3. The van der Waals surface area contributed by atoms with Gasteiger partial charge in [0, 0.05) is 17.8 Å². The molecular formula is C18H14FN5OS. The van der Waals surface area contributed by atoms with E-state index in [4.69, 9.17) is 0 Å². The van der Waals surface area contributed by atoms with E-state index in [0.717, 1.165) is 5.69 Å². The van der Waals surface area contributed by atoms with Crippen molar-refractivity contribution in [1.29, 1.82) is 0 Å². The van der Waals surface area contributed by atoms with Gasteiger partial charge in [-0.05, 0) is 31.2 Å². The average Bonchev–Trinajstić information content (AvgIpc) is 3.35. The molecular weight excluding hydrogens is 353 g/mol. The highest BCUT2D eigenvalue weighted by Crippen LogP contribution is 2.23. The Morgan fingerprint density at radius 3 is 2.65 bits per heavy atom. The molecule has 1 N–H and O–H groups in total. The Bertz CT molecular complexity index is 1070. The van der Waals surface area contributed by atoms with Crippen LogP contribution in [-0.2, 0) is 0 Å². The smallest absolute Gasteiger partial charge is 0.262 e. The van der Waals surface area contributed by atoms with Crippen LogP contribution in [0.3, 0.4) is 0 Å². The van der Waals surface area contributed by atoms with Crippen molar-refractivity contribution in [3.63, 3.8) is 0 Å². The van der Waals surface area contributed by atoms with Crippen molar-refractivity contribution in [2.24, 2.45) is 0 Å². The first-order chi connectivity index (χ1) is 12.6. The normalized spacial score (nSPS) is 10.8. The average molecular weight is 367 g/mol. The molecule has 0 spiro atoms. The van der Waals surface area contributed by atoms with Gasteiger partial charge in [-0.1, -0.05) is 12.1 Å². The monoisotopic (exact) mass is 367 g/mol. The lowest BCUT2D eigenvalue weighted by Gasteiger charge is -2.11. The lowest BCUT2D eigenvalue weighted by atomic mass is 10.2. The quantitative estimate of drug-likeness (QED) is 0.596. The molecule has 0 unspecified atom stereocenters. The number of anilines is 1. The molecule has 130 valence electrons. The number of rotatable bonds is 4. The minimum absolute atomic E-state index is 0.264. The maximum atomic E-state index is 14.3. The summed E-state index contributed by atoms with van der Waals surface area (Å²) in [6.45, 7) is 1.85. The van der Waals surface area contributed by atoms with Gasteiger partial charge >= 0.3 is 0 Å². The molecule has 0 aliphatic rings. The molecule has 1 amide bonds. The van der Waals surface area contributed by atoms with Crippen molar-refractivity contribution in [3.8, 4) is 11.5 Å². The highest BCUT2D eigenvalue weighted by Gasteiger charge is 2.21. The van der Waals surface area contributed by atoms with E-state index in [1.54, 1.807) is 35.2 Å². The van der Waals surface area contributed by atoms with Gasteiger partial charge in [0.1, 0.15) is 17.1 Å². The number of aromatic nitrogens is 4. The van der Waals surface area contributed by atoms with E-state index >= 15 is 0 Å². The van der Waals surface area contributed by atoms with Crippen LogP contribution in [0.2, 0.25) is 0 Å². The Hall–Kier alpha value is -3.26. The summed E-state index contributed by atoms with van der Waals surface area (Å²) in [5.74, 6) is -0.331. The summed E-state index contributed by atoms with van der Waals surface area (Å²) in [6, 6.07) is 9.94. The number of para-hydroxylation sites is 1. The molecule has 4 aromatic rings. The molecule has 0 atom stereocenters. The zero-order chi connectivity index (χ0) is 18.1. The van der Waals surface area contributed by atoms with Gasteiger partial charge in [0.15, 0.2) is 10.9 Å². The third kappa shape index (κ3) is 2.91. The van der Waals surface area contributed by atoms with Crippen LogP contribution >= 0.6 is 11.3 Å². The van der Waals surface area contributed by atoms with E-state index in [1.165, 1.54) is 28.3 Å². The number of hydrogen-bond donors (Lipinski definition) is 1. The molecule has 8 heteroatoms. The third-order valence-corrected chi connectivity index (χ3v) is 4.63. The number of halogens is 1. The molecule has 0 fully saturated rings. The van der Waals surface area contributed by atoms with E-state index in [1.807, 2.05) is 24.4 Å². The lowest BCUT2D eigenvalue weighted by molar-refractivity contribution is 0.102. The number of carbonyl (C=O) groups excluding carboxylic acids is 1. The van der Waals surface area contributed by atoms with E-state index < -0.39 is 5.82 Å². The zero-order valence-corrected chi connectivity index (χ0v) is 14.6. The van der Waals surface area contributed by atoms with E-state index in [2.05, 4.69) is 15.4 Å². The van der Waals surface area contributed by atoms with Crippen LogP contribution in [0.4, 0.5) is 9.52 Å². The predicted molar refractivity (Wildman–Crippen MR) is 97.7 cm³/mol. The second-order valence-corrected chi connectivity index (χ2v) is 6.44. The minimum atomic E-state index is -0.425. The van der Waals surface area contributed by atoms with Crippen molar-refractivity contribution in [2.45, 2.75) is 6.92 Å². The maximum Gasteiger partial charge on any atom is 0.262 e. The summed E-state index contributed by atoms with van der Waals surface area (Å²) < 4.78 is 17.4. The summed E-state index contributed by atoms with van der Waals surface area (Å²) >= 11 is 1.34. The van der Waals surface area contributed by atoms with E-state index in [0.29, 0.717) is 16.5 Å². The van der Waals surface area contributed by atoms with Crippen molar-refractivity contribution in [1.82, 2.24) is 19.3 Å². The van der Waals surface area contributed by atoms with Crippen molar-refractivity contribution in [3.05, 3.63) is 77.4 Å².